The molecule has 224 valence electrons. The summed E-state index contributed by atoms with van der Waals surface area (Å²) < 4.78 is 9.45. The molecule has 1 unspecified atom stereocenters. The molecule has 2 aromatic heterocycles. The zero-order valence-corrected chi connectivity index (χ0v) is 24.1. The fourth-order valence-corrected chi connectivity index (χ4v) is 5.89. The third kappa shape index (κ3) is 6.45. The number of ether oxygens (including phenoxy) is 1. The summed E-state index contributed by atoms with van der Waals surface area (Å²) in [6.07, 6.45) is 8.95. The quantitative estimate of drug-likeness (QED) is 0.281. The van der Waals surface area contributed by atoms with Crippen LogP contribution in [0.25, 0.3) is 22.3 Å². The van der Waals surface area contributed by atoms with Crippen molar-refractivity contribution in [2.75, 3.05) is 26.3 Å². The van der Waals surface area contributed by atoms with Crippen LogP contribution in [-0.2, 0) is 19.1 Å². The van der Waals surface area contributed by atoms with E-state index in [0.29, 0.717) is 32.7 Å². The van der Waals surface area contributed by atoms with Crippen molar-refractivity contribution in [2.45, 2.75) is 30.8 Å². The number of para-hydroxylation sites is 1. The number of aromatic nitrogens is 2. The summed E-state index contributed by atoms with van der Waals surface area (Å²) >= 11 is 0. The average molecular weight is 593 g/mol. The first-order valence-electron chi connectivity index (χ1n) is 14.7. The Balaban J connectivity index is 1.23. The highest BCUT2D eigenvalue weighted by molar-refractivity contribution is 5.91. The lowest BCUT2D eigenvalue weighted by Gasteiger charge is -2.24. The van der Waals surface area contributed by atoms with Gasteiger partial charge in [-0.3, -0.25) is 19.4 Å². The van der Waals surface area contributed by atoms with Crippen LogP contribution in [0.1, 0.15) is 30.4 Å². The van der Waals surface area contributed by atoms with Crippen molar-refractivity contribution in [3.8, 4) is 22.3 Å². The van der Waals surface area contributed by atoms with E-state index in [1.807, 2.05) is 66.7 Å². The van der Waals surface area contributed by atoms with E-state index >= 15 is 0 Å². The molecular formula is C34H34N5O5+. The number of carbonyl (C=O) groups is 3. The van der Waals surface area contributed by atoms with E-state index in [9.17, 15) is 19.5 Å². The van der Waals surface area contributed by atoms with Crippen molar-refractivity contribution in [2.24, 2.45) is 0 Å². The second kappa shape index (κ2) is 13.0. The molecule has 6 rings (SSSR count). The number of nitrogens with zero attached hydrogens (tertiary/aromatic N) is 3. The summed E-state index contributed by atoms with van der Waals surface area (Å²) in [7, 11) is 0. The zero-order chi connectivity index (χ0) is 30.5. The van der Waals surface area contributed by atoms with Crippen molar-refractivity contribution >= 4 is 29.7 Å². The Labute approximate surface area is 255 Å². The molecule has 0 saturated carbocycles. The molecule has 4 aromatic rings. The molecule has 2 bridgehead atoms. The molecule has 4 heterocycles. The van der Waals surface area contributed by atoms with Gasteiger partial charge in [0.1, 0.15) is 18.7 Å². The Bertz CT molecular complexity index is 1680. The lowest BCUT2D eigenvalue weighted by Crippen LogP contribution is -2.50. The van der Waals surface area contributed by atoms with Gasteiger partial charge in [-0.2, -0.15) is 4.58 Å². The third-order valence-electron chi connectivity index (χ3n) is 8.13. The molecule has 2 amide bonds. The normalized spacial score (nSPS) is 19.0. The van der Waals surface area contributed by atoms with Gasteiger partial charge in [0.2, 0.25) is 17.5 Å². The third-order valence-corrected chi connectivity index (χ3v) is 8.13. The summed E-state index contributed by atoms with van der Waals surface area (Å²) in [6.45, 7) is 1.87. The van der Waals surface area contributed by atoms with E-state index < -0.39 is 30.4 Å². The second-order valence-electron chi connectivity index (χ2n) is 11.0. The van der Waals surface area contributed by atoms with Crippen LogP contribution in [-0.4, -0.2) is 75.6 Å². The predicted molar refractivity (Wildman–Crippen MR) is 165 cm³/mol. The number of carboxylic acids is 1. The molecule has 0 aliphatic carbocycles. The molecule has 2 aliphatic rings. The Hall–Kier alpha value is -5.09. The lowest BCUT2D eigenvalue weighted by atomic mass is 9.93. The maximum Gasteiger partial charge on any atom is 0.306 e. The molecule has 0 radical (unpaired) electrons. The average Bonchev–Trinajstić information content (AvgIpc) is 3.66. The molecule has 0 fully saturated rings. The molecule has 3 atom stereocenters. The summed E-state index contributed by atoms with van der Waals surface area (Å²) in [5.41, 5.74) is 6.00. The number of hydrogen-bond acceptors (Lipinski definition) is 5. The van der Waals surface area contributed by atoms with Gasteiger partial charge in [0.15, 0.2) is 12.8 Å². The van der Waals surface area contributed by atoms with Crippen LogP contribution in [0, 0.1) is 0 Å². The number of nitrogens with one attached hydrogen (secondary N) is 2. The first kappa shape index (κ1) is 29.0. The standard InChI is InChI=1S/C34H33N5O5/c40-32(41)20-31(38-15-11-26(21-38)24-7-5-23(6-8-24)25-9-12-35-13-10-25)34(43)37-29-19-27-22-39(30-4-2-1-3-28(27)30)16-18-44-17-14-36-33(29)42/h1-13,15,21-22,27,29,31H,14,16-20H2,(H2-,36,37,40,41,42,43)/p+1/t27?,29-,31+/m0/s1. The van der Waals surface area contributed by atoms with Gasteiger partial charge in [-0.05, 0) is 46.9 Å². The maximum absolute atomic E-state index is 13.7. The van der Waals surface area contributed by atoms with Crippen molar-refractivity contribution < 1.29 is 28.8 Å². The summed E-state index contributed by atoms with van der Waals surface area (Å²) in [6, 6.07) is 19.8. The van der Waals surface area contributed by atoms with Crippen LogP contribution in [0.4, 0.5) is 5.69 Å². The molecule has 0 saturated heterocycles. The zero-order valence-electron chi connectivity index (χ0n) is 24.1. The Kier molecular flexibility index (Phi) is 8.60. The molecular weight excluding hydrogens is 558 g/mol. The summed E-state index contributed by atoms with van der Waals surface area (Å²) in [5, 5.41) is 15.5. The Morgan fingerprint density at radius 1 is 1.00 bits per heavy atom. The van der Waals surface area contributed by atoms with E-state index in [-0.39, 0.29) is 11.8 Å². The molecule has 10 nitrogen and oxygen atoms in total. The van der Waals surface area contributed by atoms with Crippen LogP contribution >= 0.6 is 0 Å². The van der Waals surface area contributed by atoms with Gasteiger partial charge >= 0.3 is 5.97 Å². The number of hydrogen-bond donors (Lipinski definition) is 3. The van der Waals surface area contributed by atoms with Gasteiger partial charge in [-0.1, -0.05) is 42.5 Å². The molecule has 44 heavy (non-hydrogen) atoms. The molecule has 0 spiro atoms. The van der Waals surface area contributed by atoms with Crippen molar-refractivity contribution in [3.63, 3.8) is 0 Å². The fraction of sp³-hybridized carbons (Fsp3) is 0.265. The van der Waals surface area contributed by atoms with Crippen LogP contribution in [0.2, 0.25) is 0 Å². The van der Waals surface area contributed by atoms with Crippen LogP contribution in [0.3, 0.4) is 0 Å². The van der Waals surface area contributed by atoms with E-state index in [2.05, 4.69) is 26.4 Å². The van der Waals surface area contributed by atoms with Gasteiger partial charge in [0, 0.05) is 43.0 Å². The second-order valence-corrected chi connectivity index (χ2v) is 11.0. The number of carboxylic acid groups (broad SMARTS) is 1. The van der Waals surface area contributed by atoms with E-state index in [1.54, 1.807) is 29.4 Å². The van der Waals surface area contributed by atoms with Crippen LogP contribution in [0.5, 0.6) is 0 Å². The van der Waals surface area contributed by atoms with E-state index in [0.717, 1.165) is 33.5 Å². The number of pyridine rings is 1. The Morgan fingerprint density at radius 3 is 2.50 bits per heavy atom. The number of amides is 2. The fourth-order valence-electron chi connectivity index (χ4n) is 5.89. The monoisotopic (exact) mass is 592 g/mol. The SMILES string of the molecule is O=C(O)C[C@H](C(=O)N[C@H]1CC2C=[N+](CCOCCNC1=O)c1ccccc12)n1ccc(-c2ccc(-c3ccncc3)cc2)c1. The largest absolute Gasteiger partial charge is 0.481 e. The van der Waals surface area contributed by atoms with Gasteiger partial charge < -0.3 is 25.0 Å². The van der Waals surface area contributed by atoms with Gasteiger partial charge in [0.05, 0.1) is 18.9 Å². The molecule has 2 aliphatic heterocycles. The van der Waals surface area contributed by atoms with Crippen molar-refractivity contribution in [1.29, 1.82) is 0 Å². The highest BCUT2D eigenvalue weighted by atomic mass is 16.5. The minimum absolute atomic E-state index is 0.104. The smallest absolute Gasteiger partial charge is 0.306 e. The first-order valence-corrected chi connectivity index (χ1v) is 14.7. The number of benzene rings is 2. The lowest BCUT2D eigenvalue weighted by molar-refractivity contribution is -0.437. The van der Waals surface area contributed by atoms with Gasteiger partial charge in [0.25, 0.3) is 0 Å². The van der Waals surface area contributed by atoms with E-state index in [4.69, 9.17) is 4.74 Å². The van der Waals surface area contributed by atoms with Gasteiger partial charge in [-0.15, -0.1) is 0 Å². The molecule has 2 aromatic carbocycles. The van der Waals surface area contributed by atoms with E-state index in [1.165, 1.54) is 0 Å². The predicted octanol–water partition coefficient (Wildman–Crippen LogP) is 3.77. The van der Waals surface area contributed by atoms with Gasteiger partial charge in [-0.25, -0.2) is 0 Å². The maximum atomic E-state index is 13.7. The molecule has 3 N–H and O–H groups in total. The summed E-state index contributed by atoms with van der Waals surface area (Å²) in [5.74, 6) is -2.08. The minimum atomic E-state index is -1.11. The summed E-state index contributed by atoms with van der Waals surface area (Å²) in [4.78, 5) is 43.0. The highest BCUT2D eigenvalue weighted by Crippen LogP contribution is 2.34. The number of aliphatic carboxylic acids is 1. The first-order chi connectivity index (χ1) is 21.5. The highest BCUT2D eigenvalue weighted by Gasteiger charge is 2.36. The van der Waals surface area contributed by atoms with Crippen LogP contribution in [0.15, 0.2) is 91.5 Å². The number of fused-ring (bicyclic) bond motifs is 4. The van der Waals surface area contributed by atoms with Crippen LogP contribution < -0.4 is 10.6 Å². The topological polar surface area (TPSA) is 126 Å². The van der Waals surface area contributed by atoms with Crippen molar-refractivity contribution in [1.82, 2.24) is 20.2 Å². The minimum Gasteiger partial charge on any atom is -0.481 e. The molecule has 10 heteroatoms. The van der Waals surface area contributed by atoms with Crippen molar-refractivity contribution in [3.05, 3.63) is 97.1 Å². The number of rotatable bonds is 7. The Morgan fingerprint density at radius 2 is 1.73 bits per heavy atom. The number of carbonyl (C=O) groups excluding carboxylic acids is 2.